The first kappa shape index (κ1) is 20.1. The van der Waals surface area contributed by atoms with E-state index in [1.54, 1.807) is 13.0 Å². The highest BCUT2D eigenvalue weighted by Crippen LogP contribution is 2.39. The van der Waals surface area contributed by atoms with E-state index < -0.39 is 23.4 Å². The minimum absolute atomic E-state index is 0.0776. The summed E-state index contributed by atoms with van der Waals surface area (Å²) in [6, 6.07) is 4.79. The fraction of sp³-hybridized carbons (Fsp3) is 0.350. The highest BCUT2D eigenvalue weighted by Gasteiger charge is 2.43. The average Bonchev–Trinajstić information content (AvgIpc) is 3.11. The molecule has 2 atom stereocenters. The van der Waals surface area contributed by atoms with Crippen molar-refractivity contribution >= 4 is 45.0 Å². The Morgan fingerprint density at radius 1 is 1.39 bits per heavy atom. The Kier molecular flexibility index (Phi) is 5.60. The lowest BCUT2D eigenvalue weighted by molar-refractivity contribution is -0.148. The molecular weight excluding hydrogens is 428 g/mol. The number of carbonyl (C=O) groups is 3. The number of esters is 1. The van der Waals surface area contributed by atoms with Crippen molar-refractivity contribution in [3.05, 3.63) is 46.1 Å². The number of nitrogens with one attached hydrogen (secondary N) is 2. The average molecular weight is 449 g/mol. The molecule has 148 valence electrons. The molecule has 0 saturated heterocycles. The third kappa shape index (κ3) is 3.96. The van der Waals surface area contributed by atoms with E-state index in [1.165, 1.54) is 0 Å². The van der Waals surface area contributed by atoms with Gasteiger partial charge in [-0.2, -0.15) is 0 Å². The third-order valence-electron chi connectivity index (χ3n) is 4.92. The fourth-order valence-corrected chi connectivity index (χ4v) is 3.87. The highest BCUT2D eigenvalue weighted by molar-refractivity contribution is 9.10. The number of halogens is 1. The van der Waals surface area contributed by atoms with Gasteiger partial charge in [0.15, 0.2) is 0 Å². The number of carboxylic acids is 1. The summed E-state index contributed by atoms with van der Waals surface area (Å²) >= 11 is 3.38. The molecule has 1 aromatic rings. The Hall–Kier alpha value is -2.61. The van der Waals surface area contributed by atoms with Crippen LogP contribution in [0.4, 0.5) is 5.69 Å². The van der Waals surface area contributed by atoms with E-state index in [1.807, 2.05) is 31.2 Å². The monoisotopic (exact) mass is 448 g/mol. The van der Waals surface area contributed by atoms with Gasteiger partial charge in [-0.3, -0.25) is 9.59 Å². The van der Waals surface area contributed by atoms with Crippen LogP contribution in [0.25, 0.3) is 5.57 Å². The number of hydrogen-bond donors (Lipinski definition) is 3. The van der Waals surface area contributed by atoms with E-state index in [-0.39, 0.29) is 25.4 Å². The van der Waals surface area contributed by atoms with Gasteiger partial charge in [-0.25, -0.2) is 4.79 Å². The number of fused-ring (bicyclic) bond motifs is 1. The predicted octanol–water partition coefficient (Wildman–Crippen LogP) is 3.07. The number of carboxylic acid groups (broad SMARTS) is 1. The first-order chi connectivity index (χ1) is 13.2. The lowest BCUT2D eigenvalue weighted by Gasteiger charge is -2.28. The van der Waals surface area contributed by atoms with Gasteiger partial charge in [-0.1, -0.05) is 35.0 Å². The van der Waals surface area contributed by atoms with E-state index >= 15 is 0 Å². The zero-order valence-corrected chi connectivity index (χ0v) is 17.1. The number of rotatable bonds is 6. The molecule has 2 aliphatic heterocycles. The van der Waals surface area contributed by atoms with Crippen molar-refractivity contribution in [2.24, 2.45) is 5.41 Å². The molecule has 8 heteroatoms. The van der Waals surface area contributed by atoms with Crippen molar-refractivity contribution in [2.75, 3.05) is 11.9 Å². The van der Waals surface area contributed by atoms with E-state index in [0.717, 1.165) is 10.0 Å². The van der Waals surface area contributed by atoms with Gasteiger partial charge >= 0.3 is 11.9 Å². The summed E-state index contributed by atoms with van der Waals surface area (Å²) in [4.78, 5) is 35.9. The second kappa shape index (κ2) is 7.79. The summed E-state index contributed by atoms with van der Waals surface area (Å²) in [6.45, 7) is 3.76. The number of benzene rings is 1. The summed E-state index contributed by atoms with van der Waals surface area (Å²) < 4.78 is 6.01. The van der Waals surface area contributed by atoms with Crippen LogP contribution < -0.4 is 10.6 Å². The van der Waals surface area contributed by atoms with Crippen molar-refractivity contribution in [3.63, 3.8) is 0 Å². The smallest absolute Gasteiger partial charge is 0.329 e. The highest BCUT2D eigenvalue weighted by atomic mass is 79.9. The molecule has 1 amide bonds. The van der Waals surface area contributed by atoms with Crippen LogP contribution in [-0.4, -0.2) is 35.6 Å². The van der Waals surface area contributed by atoms with Gasteiger partial charge in [-0.05, 0) is 31.6 Å². The first-order valence-corrected chi connectivity index (χ1v) is 9.73. The molecule has 3 rings (SSSR count). The molecule has 0 aromatic heterocycles. The number of aliphatic carboxylic acids is 1. The summed E-state index contributed by atoms with van der Waals surface area (Å²) in [6.07, 6.45) is 3.69. The Balaban J connectivity index is 1.93. The summed E-state index contributed by atoms with van der Waals surface area (Å²) in [5, 5.41) is 15.0. The Bertz CT molecular complexity index is 908. The predicted molar refractivity (Wildman–Crippen MR) is 107 cm³/mol. The Morgan fingerprint density at radius 2 is 2.14 bits per heavy atom. The lowest BCUT2D eigenvalue weighted by Crippen LogP contribution is -2.44. The van der Waals surface area contributed by atoms with E-state index in [0.29, 0.717) is 17.0 Å². The van der Waals surface area contributed by atoms with Crippen LogP contribution in [0.1, 0.15) is 32.3 Å². The van der Waals surface area contributed by atoms with Crippen LogP contribution in [-0.2, 0) is 19.1 Å². The van der Waals surface area contributed by atoms with Crippen molar-refractivity contribution in [1.82, 2.24) is 5.32 Å². The number of amides is 1. The fourth-order valence-electron chi connectivity index (χ4n) is 3.51. The molecular formula is C20H21BrN2O5. The topological polar surface area (TPSA) is 105 Å². The van der Waals surface area contributed by atoms with E-state index in [9.17, 15) is 14.4 Å². The summed E-state index contributed by atoms with van der Waals surface area (Å²) in [7, 11) is 0. The minimum atomic E-state index is -0.932. The van der Waals surface area contributed by atoms with Crippen molar-refractivity contribution in [3.8, 4) is 0 Å². The van der Waals surface area contributed by atoms with Crippen LogP contribution in [0.2, 0.25) is 0 Å². The molecule has 2 aliphatic rings. The van der Waals surface area contributed by atoms with Crippen LogP contribution in [0, 0.1) is 5.41 Å². The molecule has 3 N–H and O–H groups in total. The number of allylic oxidation sites excluding steroid dienone is 1. The van der Waals surface area contributed by atoms with Gasteiger partial charge in [-0.15, -0.1) is 0 Å². The molecule has 0 saturated carbocycles. The van der Waals surface area contributed by atoms with Crippen LogP contribution >= 0.6 is 15.9 Å². The van der Waals surface area contributed by atoms with Gasteiger partial charge in [0.25, 0.3) is 5.91 Å². The van der Waals surface area contributed by atoms with E-state index in [4.69, 9.17) is 9.84 Å². The molecule has 28 heavy (non-hydrogen) atoms. The largest absolute Gasteiger partial charge is 0.481 e. The number of hydrogen-bond acceptors (Lipinski definition) is 5. The summed E-state index contributed by atoms with van der Waals surface area (Å²) in [5.74, 6) is -1.61. The quantitative estimate of drug-likeness (QED) is 0.456. The molecule has 2 heterocycles. The van der Waals surface area contributed by atoms with Gasteiger partial charge in [0.2, 0.25) is 0 Å². The van der Waals surface area contributed by atoms with E-state index in [2.05, 4.69) is 26.6 Å². The molecule has 0 bridgehead atoms. The molecule has 0 radical (unpaired) electrons. The summed E-state index contributed by atoms with van der Waals surface area (Å²) in [5.41, 5.74) is 1.80. The molecule has 0 spiro atoms. The van der Waals surface area contributed by atoms with Crippen molar-refractivity contribution in [2.45, 2.75) is 32.7 Å². The van der Waals surface area contributed by atoms with Crippen LogP contribution in [0.5, 0.6) is 0 Å². The zero-order valence-electron chi connectivity index (χ0n) is 15.5. The maximum atomic E-state index is 12.4. The molecule has 0 fully saturated rings. The third-order valence-corrected chi connectivity index (χ3v) is 5.41. The van der Waals surface area contributed by atoms with Crippen molar-refractivity contribution in [1.29, 1.82) is 0 Å². The zero-order chi connectivity index (χ0) is 20.5. The van der Waals surface area contributed by atoms with Gasteiger partial charge in [0.1, 0.15) is 6.04 Å². The maximum absolute atomic E-state index is 12.4. The van der Waals surface area contributed by atoms with Crippen LogP contribution in [0.15, 0.2) is 40.5 Å². The Morgan fingerprint density at radius 3 is 2.82 bits per heavy atom. The molecule has 7 nitrogen and oxygen atoms in total. The minimum Gasteiger partial charge on any atom is -0.481 e. The second-order valence-electron chi connectivity index (χ2n) is 7.03. The Labute approximate surface area is 171 Å². The molecule has 1 aromatic carbocycles. The van der Waals surface area contributed by atoms with Gasteiger partial charge < -0.3 is 20.5 Å². The number of ether oxygens (including phenoxy) is 1. The SMILES string of the molecule is CCOC(=O)C1NC(/C=C2\C(=O)Nc3cc(Br)ccc32)=CC1(C)CCC(=O)O. The second-order valence-corrected chi connectivity index (χ2v) is 7.95. The van der Waals surface area contributed by atoms with Gasteiger partial charge in [0.05, 0.1) is 17.9 Å². The van der Waals surface area contributed by atoms with Crippen molar-refractivity contribution < 1.29 is 24.2 Å². The first-order valence-electron chi connectivity index (χ1n) is 8.94. The number of carbonyl (C=O) groups excluding carboxylic acids is 2. The molecule has 2 unspecified atom stereocenters. The standard InChI is InChI=1S/C20H21BrN2O5/c1-3-28-19(27)17-20(2,7-6-16(24)25)10-12(22-17)9-14-13-5-4-11(21)8-15(13)23-18(14)26/h4-5,8-10,17,22H,3,6-7H2,1-2H3,(H,23,26)(H,24,25)/b14-9-. The lowest BCUT2D eigenvalue weighted by atomic mass is 9.80. The normalized spacial score (nSPS) is 24.4. The maximum Gasteiger partial charge on any atom is 0.329 e. The molecule has 0 aliphatic carbocycles. The van der Waals surface area contributed by atoms with Gasteiger partial charge in [0, 0.05) is 27.6 Å². The number of anilines is 1. The van der Waals surface area contributed by atoms with Crippen LogP contribution in [0.3, 0.4) is 0 Å².